The fraction of sp³-hybridized carbons (Fsp3) is 0.846. The molecule has 1 N–H and O–H groups in total. The molecule has 2 saturated heterocycles. The lowest BCUT2D eigenvalue weighted by molar-refractivity contribution is 0.0548. The normalized spacial score (nSPS) is 39.5. The van der Waals surface area contributed by atoms with Crippen LogP contribution < -0.4 is 0 Å². The highest BCUT2D eigenvalue weighted by atomic mass is 32.2. The van der Waals surface area contributed by atoms with Crippen LogP contribution in [-0.2, 0) is 0 Å². The first-order valence-electron chi connectivity index (χ1n) is 6.39. The Kier molecular flexibility index (Phi) is 3.32. The molecule has 0 amide bonds. The van der Waals surface area contributed by atoms with Crippen molar-refractivity contribution < 1.29 is 5.11 Å². The highest BCUT2D eigenvalue weighted by Gasteiger charge is 2.45. The van der Waals surface area contributed by atoms with E-state index in [9.17, 15) is 5.11 Å². The van der Waals surface area contributed by atoms with Gasteiger partial charge in [0.2, 0.25) is 0 Å². The molecule has 16 heavy (non-hydrogen) atoms. The SMILES string of the molecule is C=C(C1(O)CC2CCCC(C1)S2)[Si](C)(C)C. The quantitative estimate of drug-likeness (QED) is 0.762. The van der Waals surface area contributed by atoms with Gasteiger partial charge in [-0.05, 0) is 25.7 Å². The van der Waals surface area contributed by atoms with Gasteiger partial charge in [-0.25, -0.2) is 0 Å². The molecule has 2 rings (SSSR count). The van der Waals surface area contributed by atoms with E-state index in [1.807, 2.05) is 0 Å². The number of fused-ring (bicyclic) bond motifs is 2. The number of thioether (sulfide) groups is 1. The van der Waals surface area contributed by atoms with Gasteiger partial charge >= 0.3 is 0 Å². The maximum Gasteiger partial charge on any atom is 0.0840 e. The van der Waals surface area contributed by atoms with Gasteiger partial charge in [-0.2, -0.15) is 11.8 Å². The van der Waals surface area contributed by atoms with Gasteiger partial charge in [-0.15, -0.1) is 6.58 Å². The molecule has 0 spiro atoms. The van der Waals surface area contributed by atoms with Crippen LogP contribution in [0.3, 0.4) is 0 Å². The molecule has 3 heteroatoms. The van der Waals surface area contributed by atoms with Crippen molar-refractivity contribution in [1.82, 2.24) is 0 Å². The predicted octanol–water partition coefficient (Wildman–Crippen LogP) is 3.60. The van der Waals surface area contributed by atoms with E-state index in [2.05, 4.69) is 38.0 Å². The minimum absolute atomic E-state index is 0.536. The van der Waals surface area contributed by atoms with Crippen molar-refractivity contribution in [1.29, 1.82) is 0 Å². The fourth-order valence-corrected chi connectivity index (χ4v) is 6.56. The minimum Gasteiger partial charge on any atom is -0.386 e. The van der Waals surface area contributed by atoms with Crippen LogP contribution >= 0.6 is 11.8 Å². The standard InChI is InChI=1S/C13H24OSSi/c1-10(16(2,3)4)13(14)8-11-6-5-7-12(9-13)15-11/h11-12,14H,1,5-9H2,2-4H3. The average Bonchev–Trinajstić information content (AvgIpc) is 2.14. The van der Waals surface area contributed by atoms with E-state index in [0.717, 1.165) is 12.8 Å². The van der Waals surface area contributed by atoms with Crippen molar-refractivity contribution in [3.8, 4) is 0 Å². The maximum atomic E-state index is 10.9. The molecule has 0 saturated carbocycles. The Balaban J connectivity index is 2.16. The Morgan fingerprint density at radius 3 is 2.19 bits per heavy atom. The third-order valence-electron chi connectivity index (χ3n) is 4.03. The summed E-state index contributed by atoms with van der Waals surface area (Å²) < 4.78 is 0. The second-order valence-corrected chi connectivity index (χ2v) is 13.2. The Morgan fingerprint density at radius 2 is 1.75 bits per heavy atom. The molecule has 2 aliphatic heterocycles. The first-order chi connectivity index (χ1) is 7.31. The van der Waals surface area contributed by atoms with E-state index in [0.29, 0.717) is 10.5 Å². The summed E-state index contributed by atoms with van der Waals surface area (Å²) in [5.74, 6) is 0. The summed E-state index contributed by atoms with van der Waals surface area (Å²) in [6.07, 6.45) is 5.86. The molecule has 1 nitrogen and oxygen atoms in total. The van der Waals surface area contributed by atoms with Crippen LogP contribution in [0, 0.1) is 0 Å². The lowest BCUT2D eigenvalue weighted by Crippen LogP contribution is -2.49. The van der Waals surface area contributed by atoms with Gasteiger partial charge in [0.15, 0.2) is 0 Å². The summed E-state index contributed by atoms with van der Waals surface area (Å²) in [6, 6.07) is 0. The Morgan fingerprint density at radius 1 is 1.25 bits per heavy atom. The second-order valence-electron chi connectivity index (χ2n) is 6.48. The van der Waals surface area contributed by atoms with Crippen molar-refractivity contribution in [2.75, 3.05) is 0 Å². The largest absolute Gasteiger partial charge is 0.386 e. The molecule has 0 aromatic rings. The molecule has 2 atom stereocenters. The summed E-state index contributed by atoms with van der Waals surface area (Å²) in [5.41, 5.74) is -0.536. The van der Waals surface area contributed by atoms with Crippen LogP contribution in [0.2, 0.25) is 19.6 Å². The molecule has 2 fully saturated rings. The third kappa shape index (κ3) is 2.41. The molecular formula is C13H24OSSi. The molecule has 2 heterocycles. The molecule has 2 bridgehead atoms. The summed E-state index contributed by atoms with van der Waals surface area (Å²) in [7, 11) is -1.42. The van der Waals surface area contributed by atoms with Crippen LogP contribution in [0.25, 0.3) is 0 Å². The average molecular weight is 256 g/mol. The van der Waals surface area contributed by atoms with E-state index in [4.69, 9.17) is 0 Å². The van der Waals surface area contributed by atoms with E-state index in [-0.39, 0.29) is 0 Å². The van der Waals surface area contributed by atoms with E-state index < -0.39 is 13.7 Å². The first kappa shape index (κ1) is 12.7. The summed E-state index contributed by atoms with van der Waals surface area (Å²) in [5, 5.41) is 13.5. The van der Waals surface area contributed by atoms with Crippen molar-refractivity contribution in [3.05, 3.63) is 11.8 Å². The molecule has 0 aliphatic carbocycles. The lowest BCUT2D eigenvalue weighted by atomic mass is 9.85. The number of hydrogen-bond donors (Lipinski definition) is 1. The molecule has 2 unspecified atom stereocenters. The predicted molar refractivity (Wildman–Crippen MR) is 75.7 cm³/mol. The molecule has 0 radical (unpaired) electrons. The van der Waals surface area contributed by atoms with Gasteiger partial charge in [0.25, 0.3) is 0 Å². The lowest BCUT2D eigenvalue weighted by Gasteiger charge is -2.47. The van der Waals surface area contributed by atoms with Crippen molar-refractivity contribution >= 4 is 19.8 Å². The van der Waals surface area contributed by atoms with Crippen molar-refractivity contribution in [3.63, 3.8) is 0 Å². The van der Waals surface area contributed by atoms with Crippen LogP contribution in [0.15, 0.2) is 11.8 Å². The summed E-state index contributed by atoms with van der Waals surface area (Å²) in [4.78, 5) is 0. The van der Waals surface area contributed by atoms with Gasteiger partial charge in [-0.1, -0.05) is 31.3 Å². The highest BCUT2D eigenvalue weighted by molar-refractivity contribution is 8.00. The Hall–Kier alpha value is 0.267. The third-order valence-corrected chi connectivity index (χ3v) is 7.89. The molecule has 0 aromatic carbocycles. The van der Waals surface area contributed by atoms with Gasteiger partial charge < -0.3 is 5.11 Å². The fourth-order valence-electron chi connectivity index (χ4n) is 3.06. The number of aliphatic hydroxyl groups is 1. The van der Waals surface area contributed by atoms with Crippen LogP contribution in [0.4, 0.5) is 0 Å². The van der Waals surface area contributed by atoms with Crippen molar-refractivity contribution in [2.45, 2.75) is 67.8 Å². The monoisotopic (exact) mass is 256 g/mol. The zero-order valence-corrected chi connectivity index (χ0v) is 12.6. The molecule has 0 aromatic heterocycles. The first-order valence-corrected chi connectivity index (χ1v) is 10.8. The topological polar surface area (TPSA) is 20.2 Å². The zero-order valence-electron chi connectivity index (χ0n) is 10.8. The number of rotatable bonds is 2. The molecular weight excluding hydrogens is 232 g/mol. The zero-order chi connectivity index (χ0) is 12.0. The smallest absolute Gasteiger partial charge is 0.0840 e. The maximum absolute atomic E-state index is 10.9. The summed E-state index contributed by atoms with van der Waals surface area (Å²) >= 11 is 2.12. The van der Waals surface area contributed by atoms with Gasteiger partial charge in [0.1, 0.15) is 0 Å². The number of hydrogen-bond acceptors (Lipinski definition) is 2. The second kappa shape index (κ2) is 4.18. The van der Waals surface area contributed by atoms with E-state index in [1.165, 1.54) is 24.5 Å². The van der Waals surface area contributed by atoms with E-state index in [1.54, 1.807) is 0 Å². The molecule has 2 aliphatic rings. The Labute approximate surface area is 105 Å². The minimum atomic E-state index is -1.42. The van der Waals surface area contributed by atoms with Gasteiger partial charge in [0, 0.05) is 10.5 Å². The van der Waals surface area contributed by atoms with Crippen LogP contribution in [0.5, 0.6) is 0 Å². The van der Waals surface area contributed by atoms with Crippen molar-refractivity contribution in [2.24, 2.45) is 0 Å². The van der Waals surface area contributed by atoms with Crippen LogP contribution in [0.1, 0.15) is 32.1 Å². The van der Waals surface area contributed by atoms with E-state index >= 15 is 0 Å². The summed E-state index contributed by atoms with van der Waals surface area (Å²) in [6.45, 7) is 11.1. The van der Waals surface area contributed by atoms with Gasteiger partial charge in [-0.3, -0.25) is 0 Å². The highest BCUT2D eigenvalue weighted by Crippen LogP contribution is 2.48. The molecule has 92 valence electrons. The van der Waals surface area contributed by atoms with Crippen LogP contribution in [-0.4, -0.2) is 29.3 Å². The Bertz CT molecular complexity index is 283. The van der Waals surface area contributed by atoms with Gasteiger partial charge in [0.05, 0.1) is 13.7 Å².